The van der Waals surface area contributed by atoms with Crippen molar-refractivity contribution in [3.05, 3.63) is 50.3 Å². The maximum atomic E-state index is 12.5. The zero-order valence-corrected chi connectivity index (χ0v) is 8.62. The highest BCUT2D eigenvalue weighted by Crippen LogP contribution is 2.29. The minimum Gasteiger partial charge on any atom is -0.345 e. The standard InChI is InChI=1S/C10H5F3N2O3/c11-10(12,13)8-4-7(16)5-2-1-3-6(15(17)18)9(5)14-8/h1-4H,(H,14,16). The average molecular weight is 258 g/mol. The summed E-state index contributed by atoms with van der Waals surface area (Å²) in [5, 5.41) is 10.5. The highest BCUT2D eigenvalue weighted by Gasteiger charge is 2.33. The van der Waals surface area contributed by atoms with Gasteiger partial charge in [0, 0.05) is 12.1 Å². The smallest absolute Gasteiger partial charge is 0.345 e. The molecule has 2 rings (SSSR count). The number of para-hydroxylation sites is 1. The number of pyridine rings is 1. The summed E-state index contributed by atoms with van der Waals surface area (Å²) in [6, 6.07) is 3.87. The molecule has 0 aliphatic rings. The number of fused-ring (bicyclic) bond motifs is 1. The van der Waals surface area contributed by atoms with Gasteiger partial charge in [0.15, 0.2) is 5.43 Å². The molecule has 8 heteroatoms. The third-order valence-corrected chi connectivity index (χ3v) is 2.35. The van der Waals surface area contributed by atoms with Crippen LogP contribution in [-0.2, 0) is 6.18 Å². The highest BCUT2D eigenvalue weighted by molar-refractivity contribution is 5.86. The second-order valence-corrected chi connectivity index (χ2v) is 3.50. The summed E-state index contributed by atoms with van der Waals surface area (Å²) in [4.78, 5) is 23.2. The van der Waals surface area contributed by atoms with Crippen LogP contribution in [0.4, 0.5) is 18.9 Å². The summed E-state index contributed by atoms with van der Waals surface area (Å²) in [5.74, 6) is 0. The molecule has 94 valence electrons. The molecule has 0 radical (unpaired) electrons. The van der Waals surface area contributed by atoms with Gasteiger partial charge in [0.1, 0.15) is 11.2 Å². The van der Waals surface area contributed by atoms with Crippen molar-refractivity contribution in [1.29, 1.82) is 0 Å². The molecule has 0 saturated heterocycles. The number of nitrogens with one attached hydrogen (secondary N) is 1. The van der Waals surface area contributed by atoms with Crippen molar-refractivity contribution in [3.63, 3.8) is 0 Å². The van der Waals surface area contributed by atoms with E-state index in [0.717, 1.165) is 6.07 Å². The molecule has 0 saturated carbocycles. The van der Waals surface area contributed by atoms with Gasteiger partial charge in [-0.25, -0.2) is 0 Å². The lowest BCUT2D eigenvalue weighted by Crippen LogP contribution is -2.14. The first-order valence-corrected chi connectivity index (χ1v) is 4.68. The number of nitro groups is 1. The first-order valence-electron chi connectivity index (χ1n) is 4.68. The van der Waals surface area contributed by atoms with Crippen molar-refractivity contribution in [3.8, 4) is 0 Å². The summed E-state index contributed by atoms with van der Waals surface area (Å²) in [6.07, 6.45) is -4.77. The molecule has 0 atom stereocenters. The van der Waals surface area contributed by atoms with Gasteiger partial charge in [0.05, 0.1) is 10.3 Å². The maximum Gasteiger partial charge on any atom is 0.431 e. The Morgan fingerprint density at radius 1 is 1.28 bits per heavy atom. The Bertz CT molecular complexity index is 691. The van der Waals surface area contributed by atoms with E-state index in [4.69, 9.17) is 0 Å². The number of nitro benzene ring substituents is 1. The van der Waals surface area contributed by atoms with E-state index in [1.807, 2.05) is 4.98 Å². The van der Waals surface area contributed by atoms with Crippen LogP contribution in [0.1, 0.15) is 5.69 Å². The Hall–Kier alpha value is -2.38. The van der Waals surface area contributed by atoms with E-state index in [-0.39, 0.29) is 5.39 Å². The number of aromatic nitrogens is 1. The van der Waals surface area contributed by atoms with Crippen LogP contribution in [0.5, 0.6) is 0 Å². The third-order valence-electron chi connectivity index (χ3n) is 2.35. The number of rotatable bonds is 1. The monoisotopic (exact) mass is 258 g/mol. The maximum absolute atomic E-state index is 12.5. The average Bonchev–Trinajstić information content (AvgIpc) is 2.26. The molecule has 1 heterocycles. The van der Waals surface area contributed by atoms with Crippen LogP contribution in [0, 0.1) is 10.1 Å². The Morgan fingerprint density at radius 2 is 1.94 bits per heavy atom. The number of H-pyrrole nitrogens is 1. The van der Waals surface area contributed by atoms with E-state index in [2.05, 4.69) is 0 Å². The van der Waals surface area contributed by atoms with Crippen LogP contribution < -0.4 is 5.43 Å². The fraction of sp³-hybridized carbons (Fsp3) is 0.100. The van der Waals surface area contributed by atoms with Crippen molar-refractivity contribution >= 4 is 16.6 Å². The van der Waals surface area contributed by atoms with Crippen LogP contribution in [-0.4, -0.2) is 9.91 Å². The molecule has 0 aliphatic heterocycles. The van der Waals surface area contributed by atoms with Crippen LogP contribution in [0.25, 0.3) is 10.9 Å². The molecule has 1 aromatic heterocycles. The van der Waals surface area contributed by atoms with E-state index >= 15 is 0 Å². The molecule has 18 heavy (non-hydrogen) atoms. The lowest BCUT2D eigenvalue weighted by atomic mass is 10.1. The number of alkyl halides is 3. The quantitative estimate of drug-likeness (QED) is 0.630. The molecule has 1 N–H and O–H groups in total. The third kappa shape index (κ3) is 1.92. The minimum absolute atomic E-state index is 0.155. The summed E-state index contributed by atoms with van der Waals surface area (Å²) >= 11 is 0. The molecule has 0 amide bonds. The van der Waals surface area contributed by atoms with E-state index in [1.54, 1.807) is 0 Å². The Balaban J connectivity index is 2.89. The van der Waals surface area contributed by atoms with Gasteiger partial charge in [-0.1, -0.05) is 6.07 Å². The second-order valence-electron chi connectivity index (χ2n) is 3.50. The first kappa shape index (κ1) is 12.1. The number of aromatic amines is 1. The Labute approximate surface area is 97.0 Å². The van der Waals surface area contributed by atoms with Gasteiger partial charge in [0.2, 0.25) is 0 Å². The summed E-state index contributed by atoms with van der Waals surface area (Å²) in [5.41, 5.74) is -3.23. The number of nitrogens with zero attached hydrogens (tertiary/aromatic N) is 1. The number of hydrogen-bond acceptors (Lipinski definition) is 3. The van der Waals surface area contributed by atoms with Crippen molar-refractivity contribution in [1.82, 2.24) is 4.98 Å². The molecule has 0 unspecified atom stereocenters. The number of hydrogen-bond donors (Lipinski definition) is 1. The molecule has 0 fully saturated rings. The van der Waals surface area contributed by atoms with E-state index < -0.39 is 33.4 Å². The molecular weight excluding hydrogens is 253 g/mol. The van der Waals surface area contributed by atoms with Crippen molar-refractivity contribution < 1.29 is 18.1 Å². The SMILES string of the molecule is O=c1cc(C(F)(F)F)[nH]c2c([N+](=O)[O-])cccc12. The number of benzene rings is 1. The second kappa shape index (κ2) is 3.83. The van der Waals surface area contributed by atoms with E-state index in [9.17, 15) is 28.1 Å². The lowest BCUT2D eigenvalue weighted by molar-refractivity contribution is -0.383. The molecule has 2 aromatic rings. The van der Waals surface area contributed by atoms with Crippen LogP contribution >= 0.6 is 0 Å². The van der Waals surface area contributed by atoms with Gasteiger partial charge in [-0.2, -0.15) is 13.2 Å². The minimum atomic E-state index is -4.77. The summed E-state index contributed by atoms with van der Waals surface area (Å²) < 4.78 is 37.5. The lowest BCUT2D eigenvalue weighted by Gasteiger charge is -2.07. The van der Waals surface area contributed by atoms with E-state index in [1.165, 1.54) is 12.1 Å². The van der Waals surface area contributed by atoms with Gasteiger partial charge >= 0.3 is 6.18 Å². The van der Waals surface area contributed by atoms with Gasteiger partial charge in [-0.05, 0) is 6.07 Å². The van der Waals surface area contributed by atoms with Gasteiger partial charge in [-0.3, -0.25) is 14.9 Å². The zero-order chi connectivity index (χ0) is 13.5. The first-order chi connectivity index (χ1) is 8.30. The van der Waals surface area contributed by atoms with Gasteiger partial charge in [-0.15, -0.1) is 0 Å². The fourth-order valence-electron chi connectivity index (χ4n) is 1.56. The Morgan fingerprint density at radius 3 is 2.50 bits per heavy atom. The number of non-ortho nitro benzene ring substituents is 1. The van der Waals surface area contributed by atoms with Crippen LogP contribution in [0.2, 0.25) is 0 Å². The summed E-state index contributed by atoms with van der Waals surface area (Å²) in [7, 11) is 0. The molecule has 0 spiro atoms. The fourth-order valence-corrected chi connectivity index (χ4v) is 1.56. The normalized spacial score (nSPS) is 11.7. The van der Waals surface area contributed by atoms with Crippen molar-refractivity contribution in [2.75, 3.05) is 0 Å². The zero-order valence-electron chi connectivity index (χ0n) is 8.62. The molecule has 0 aliphatic carbocycles. The largest absolute Gasteiger partial charge is 0.431 e. The Kier molecular flexibility index (Phi) is 2.57. The predicted octanol–water partition coefficient (Wildman–Crippen LogP) is 2.46. The van der Waals surface area contributed by atoms with Crippen molar-refractivity contribution in [2.45, 2.75) is 6.18 Å². The topological polar surface area (TPSA) is 76.0 Å². The number of halogens is 3. The van der Waals surface area contributed by atoms with Crippen LogP contribution in [0.3, 0.4) is 0 Å². The van der Waals surface area contributed by atoms with Gasteiger partial charge in [0.25, 0.3) is 5.69 Å². The van der Waals surface area contributed by atoms with Gasteiger partial charge < -0.3 is 4.98 Å². The van der Waals surface area contributed by atoms with Crippen molar-refractivity contribution in [2.24, 2.45) is 0 Å². The molecular formula is C10H5F3N2O3. The van der Waals surface area contributed by atoms with Crippen LogP contribution in [0.15, 0.2) is 29.1 Å². The van der Waals surface area contributed by atoms with E-state index in [0.29, 0.717) is 6.07 Å². The molecule has 0 bridgehead atoms. The molecule has 5 nitrogen and oxygen atoms in total. The predicted molar refractivity (Wildman–Crippen MR) is 56.2 cm³/mol. The molecule has 1 aromatic carbocycles. The summed E-state index contributed by atoms with van der Waals surface area (Å²) in [6.45, 7) is 0. The highest BCUT2D eigenvalue weighted by atomic mass is 19.4.